The van der Waals surface area contributed by atoms with Crippen LogP contribution in [0.4, 0.5) is 11.4 Å². The number of carbonyl (C=O) groups is 1. The van der Waals surface area contributed by atoms with Crippen molar-refractivity contribution in [3.63, 3.8) is 0 Å². The molecule has 0 atom stereocenters. The number of amides is 1. The third kappa shape index (κ3) is 4.25. The monoisotopic (exact) mass is 370 g/mol. The molecule has 1 N–H and O–H groups in total. The van der Waals surface area contributed by atoms with Gasteiger partial charge in [-0.25, -0.2) is 0 Å². The molecular weight excluding hydrogens is 344 g/mol. The molecule has 1 aliphatic heterocycles. The molecule has 0 bridgehead atoms. The van der Waals surface area contributed by atoms with E-state index in [-0.39, 0.29) is 5.91 Å². The largest absolute Gasteiger partial charge is 0.372 e. The molecule has 1 amide bonds. The zero-order chi connectivity index (χ0) is 19.3. The molecule has 0 aromatic heterocycles. The van der Waals surface area contributed by atoms with Crippen LogP contribution in [0.2, 0.25) is 0 Å². The van der Waals surface area contributed by atoms with Crippen LogP contribution < -0.4 is 10.2 Å². The summed E-state index contributed by atoms with van der Waals surface area (Å²) in [4.78, 5) is 15.0. The fourth-order valence-electron chi connectivity index (χ4n) is 3.67. The smallest absolute Gasteiger partial charge is 0.255 e. The molecule has 28 heavy (non-hydrogen) atoms. The molecule has 0 radical (unpaired) electrons. The van der Waals surface area contributed by atoms with Gasteiger partial charge in [0.2, 0.25) is 0 Å². The van der Waals surface area contributed by atoms with Crippen molar-refractivity contribution in [2.24, 2.45) is 5.92 Å². The van der Waals surface area contributed by atoms with Gasteiger partial charge >= 0.3 is 0 Å². The zero-order valence-electron chi connectivity index (χ0n) is 16.3. The van der Waals surface area contributed by atoms with Crippen molar-refractivity contribution in [1.82, 2.24) is 0 Å². The van der Waals surface area contributed by atoms with Crippen molar-refractivity contribution < 1.29 is 4.79 Å². The number of hydrogen-bond acceptors (Lipinski definition) is 2. The summed E-state index contributed by atoms with van der Waals surface area (Å²) in [5.74, 6) is 0.738. The van der Waals surface area contributed by atoms with Gasteiger partial charge in [-0.1, -0.05) is 49.4 Å². The fraction of sp³-hybridized carbons (Fsp3) is 0.240. The molecule has 0 aliphatic carbocycles. The number of piperidine rings is 1. The number of hydrogen-bond donors (Lipinski definition) is 1. The van der Waals surface area contributed by atoms with Crippen LogP contribution in [0, 0.1) is 5.92 Å². The van der Waals surface area contributed by atoms with Gasteiger partial charge in [0.25, 0.3) is 5.91 Å². The minimum absolute atomic E-state index is 0.0841. The molecular formula is C25H26N2O. The van der Waals surface area contributed by atoms with Crippen LogP contribution >= 0.6 is 0 Å². The summed E-state index contributed by atoms with van der Waals surface area (Å²) >= 11 is 0. The molecule has 1 saturated heterocycles. The molecule has 142 valence electrons. The molecule has 3 aromatic rings. The van der Waals surface area contributed by atoms with E-state index in [9.17, 15) is 4.79 Å². The Bertz CT molecular complexity index is 909. The lowest BCUT2D eigenvalue weighted by Crippen LogP contribution is -2.32. The molecule has 3 aromatic carbocycles. The van der Waals surface area contributed by atoms with E-state index < -0.39 is 0 Å². The standard InChI is InChI=1S/C25H26N2O/c1-19-15-17-27(18-16-19)24-13-11-23(12-14-24)26-25(28)22-9-7-21(8-10-22)20-5-3-2-4-6-20/h2-14,19H,15-18H2,1H3,(H,26,28). The van der Waals surface area contributed by atoms with E-state index in [0.29, 0.717) is 5.56 Å². The second-order valence-corrected chi connectivity index (χ2v) is 7.61. The quantitative estimate of drug-likeness (QED) is 0.625. The molecule has 1 heterocycles. The van der Waals surface area contributed by atoms with Crippen LogP contribution in [0.1, 0.15) is 30.1 Å². The highest BCUT2D eigenvalue weighted by Crippen LogP contribution is 2.25. The summed E-state index contributed by atoms with van der Waals surface area (Å²) in [6.07, 6.45) is 2.49. The Morgan fingerprint density at radius 2 is 1.43 bits per heavy atom. The predicted molar refractivity (Wildman–Crippen MR) is 117 cm³/mol. The first-order chi connectivity index (χ1) is 13.7. The molecule has 4 rings (SSSR count). The number of anilines is 2. The summed E-state index contributed by atoms with van der Waals surface area (Å²) < 4.78 is 0. The Hall–Kier alpha value is -3.07. The fourth-order valence-corrected chi connectivity index (χ4v) is 3.67. The summed E-state index contributed by atoms with van der Waals surface area (Å²) in [6.45, 7) is 4.55. The van der Waals surface area contributed by atoms with E-state index >= 15 is 0 Å². The molecule has 3 nitrogen and oxygen atoms in total. The summed E-state index contributed by atoms with van der Waals surface area (Å²) in [5, 5.41) is 3.00. The van der Waals surface area contributed by atoms with Crippen molar-refractivity contribution in [1.29, 1.82) is 0 Å². The van der Waals surface area contributed by atoms with E-state index in [1.165, 1.54) is 18.5 Å². The first-order valence-electron chi connectivity index (χ1n) is 10.0. The Balaban J connectivity index is 1.39. The average molecular weight is 370 g/mol. The molecule has 0 spiro atoms. The number of nitrogens with zero attached hydrogens (tertiary/aromatic N) is 1. The van der Waals surface area contributed by atoms with E-state index in [1.54, 1.807) is 0 Å². The predicted octanol–water partition coefficient (Wildman–Crippen LogP) is 5.84. The topological polar surface area (TPSA) is 32.3 Å². The van der Waals surface area contributed by atoms with Gasteiger partial charge in [0.05, 0.1) is 0 Å². The lowest BCUT2D eigenvalue weighted by molar-refractivity contribution is 0.102. The van der Waals surface area contributed by atoms with Gasteiger partial charge in [-0.15, -0.1) is 0 Å². The summed E-state index contributed by atoms with van der Waals surface area (Å²) in [7, 11) is 0. The molecule has 1 aliphatic rings. The maximum absolute atomic E-state index is 12.6. The summed E-state index contributed by atoms with van der Waals surface area (Å²) in [5.41, 5.74) is 4.98. The Kier molecular flexibility index (Phi) is 5.43. The first kappa shape index (κ1) is 18.3. The summed E-state index contributed by atoms with van der Waals surface area (Å²) in [6, 6.07) is 26.1. The van der Waals surface area contributed by atoms with Crippen molar-refractivity contribution in [2.75, 3.05) is 23.3 Å². The van der Waals surface area contributed by atoms with Crippen LogP contribution in [-0.2, 0) is 0 Å². The third-order valence-electron chi connectivity index (χ3n) is 5.53. The lowest BCUT2D eigenvalue weighted by atomic mass is 9.99. The van der Waals surface area contributed by atoms with Gasteiger partial charge in [-0.3, -0.25) is 4.79 Å². The zero-order valence-corrected chi connectivity index (χ0v) is 16.3. The number of rotatable bonds is 4. The van der Waals surface area contributed by atoms with Crippen molar-refractivity contribution >= 4 is 17.3 Å². The Morgan fingerprint density at radius 1 is 0.821 bits per heavy atom. The highest BCUT2D eigenvalue weighted by molar-refractivity contribution is 6.04. The highest BCUT2D eigenvalue weighted by Gasteiger charge is 2.16. The molecule has 0 unspecified atom stereocenters. The Labute approximate surface area is 167 Å². The minimum atomic E-state index is -0.0841. The number of nitrogens with one attached hydrogen (secondary N) is 1. The van der Waals surface area contributed by atoms with Crippen molar-refractivity contribution in [2.45, 2.75) is 19.8 Å². The molecule has 3 heteroatoms. The van der Waals surface area contributed by atoms with Gasteiger partial charge in [0, 0.05) is 30.0 Å². The highest BCUT2D eigenvalue weighted by atomic mass is 16.1. The maximum atomic E-state index is 12.6. The number of carbonyl (C=O) groups excluding carboxylic acids is 1. The van der Waals surface area contributed by atoms with E-state index in [1.807, 2.05) is 54.6 Å². The van der Waals surface area contributed by atoms with Crippen LogP contribution in [0.5, 0.6) is 0 Å². The maximum Gasteiger partial charge on any atom is 0.255 e. The van der Waals surface area contributed by atoms with E-state index in [4.69, 9.17) is 0 Å². The van der Waals surface area contributed by atoms with Crippen LogP contribution in [-0.4, -0.2) is 19.0 Å². The normalized spacial score (nSPS) is 14.7. The Morgan fingerprint density at radius 3 is 2.07 bits per heavy atom. The SMILES string of the molecule is CC1CCN(c2ccc(NC(=O)c3ccc(-c4ccccc4)cc3)cc2)CC1. The first-order valence-corrected chi connectivity index (χ1v) is 10.0. The van der Waals surface area contributed by atoms with Gasteiger partial charge in [-0.2, -0.15) is 0 Å². The van der Waals surface area contributed by atoms with Gasteiger partial charge in [0.1, 0.15) is 0 Å². The lowest BCUT2D eigenvalue weighted by Gasteiger charge is -2.32. The number of benzene rings is 3. The average Bonchev–Trinajstić information content (AvgIpc) is 2.76. The molecule has 1 fully saturated rings. The second kappa shape index (κ2) is 8.30. The van der Waals surface area contributed by atoms with Crippen LogP contribution in [0.3, 0.4) is 0 Å². The van der Waals surface area contributed by atoms with E-state index in [0.717, 1.165) is 35.8 Å². The van der Waals surface area contributed by atoms with Crippen LogP contribution in [0.15, 0.2) is 78.9 Å². The van der Waals surface area contributed by atoms with E-state index in [2.05, 4.69) is 41.4 Å². The van der Waals surface area contributed by atoms with Crippen molar-refractivity contribution in [3.05, 3.63) is 84.4 Å². The van der Waals surface area contributed by atoms with Gasteiger partial charge in [-0.05, 0) is 66.3 Å². The van der Waals surface area contributed by atoms with Crippen LogP contribution in [0.25, 0.3) is 11.1 Å². The van der Waals surface area contributed by atoms with Crippen molar-refractivity contribution in [3.8, 4) is 11.1 Å². The third-order valence-corrected chi connectivity index (χ3v) is 5.53. The minimum Gasteiger partial charge on any atom is -0.372 e. The second-order valence-electron chi connectivity index (χ2n) is 7.61. The molecule has 0 saturated carbocycles. The van der Waals surface area contributed by atoms with Gasteiger partial charge < -0.3 is 10.2 Å². The van der Waals surface area contributed by atoms with Gasteiger partial charge in [0.15, 0.2) is 0 Å².